The summed E-state index contributed by atoms with van der Waals surface area (Å²) in [5, 5.41) is 3.76. The summed E-state index contributed by atoms with van der Waals surface area (Å²) in [4.78, 5) is 0. The first-order chi connectivity index (χ1) is 12.6. The molecule has 3 nitrogen and oxygen atoms in total. The highest BCUT2D eigenvalue weighted by Gasteiger charge is 2.13. The third-order valence-electron chi connectivity index (χ3n) is 3.87. The molecule has 0 bridgehead atoms. The van der Waals surface area contributed by atoms with Crippen LogP contribution in [0.15, 0.2) is 34.8 Å². The first kappa shape index (κ1) is 21.0. The molecule has 2 aromatic rings. The highest BCUT2D eigenvalue weighted by molar-refractivity contribution is 9.10. The van der Waals surface area contributed by atoms with Gasteiger partial charge in [-0.05, 0) is 49.7 Å². The summed E-state index contributed by atoms with van der Waals surface area (Å²) >= 11 is 9.65. The van der Waals surface area contributed by atoms with Gasteiger partial charge < -0.3 is 14.8 Å². The van der Waals surface area contributed by atoms with Crippen molar-refractivity contribution in [3.8, 4) is 11.5 Å². The molecule has 26 heavy (non-hydrogen) atoms. The summed E-state index contributed by atoms with van der Waals surface area (Å²) in [6, 6.07) is 8.40. The molecule has 142 valence electrons. The second-order valence-corrected chi connectivity index (χ2v) is 7.10. The molecule has 2 rings (SSSR count). The molecular weight excluding hydrogens is 421 g/mol. The second-order valence-electron chi connectivity index (χ2n) is 5.84. The third-order valence-corrected chi connectivity index (χ3v) is 4.96. The molecule has 0 aromatic heterocycles. The van der Waals surface area contributed by atoms with Gasteiger partial charge in [0.2, 0.25) is 0 Å². The smallest absolute Gasteiger partial charge is 0.162 e. The van der Waals surface area contributed by atoms with Gasteiger partial charge in [0.15, 0.2) is 11.5 Å². The Hall–Kier alpha value is -1.30. The maximum atomic E-state index is 13.9. The summed E-state index contributed by atoms with van der Waals surface area (Å²) in [7, 11) is 0. The Kier molecular flexibility index (Phi) is 8.69. The summed E-state index contributed by atoms with van der Waals surface area (Å²) in [5.41, 5.74) is 1.42. The lowest BCUT2D eigenvalue weighted by atomic mass is 10.2. The van der Waals surface area contributed by atoms with Gasteiger partial charge in [-0.25, -0.2) is 4.39 Å². The topological polar surface area (TPSA) is 30.5 Å². The van der Waals surface area contributed by atoms with Crippen molar-refractivity contribution >= 4 is 27.5 Å². The monoisotopic (exact) mass is 443 g/mol. The van der Waals surface area contributed by atoms with E-state index in [1.807, 2.05) is 19.1 Å². The Labute approximate surface area is 168 Å². The quantitative estimate of drug-likeness (QED) is 0.449. The van der Waals surface area contributed by atoms with Crippen molar-refractivity contribution in [2.24, 2.45) is 0 Å². The lowest BCUT2D eigenvalue weighted by Gasteiger charge is -2.16. The number of hydrogen-bond acceptors (Lipinski definition) is 3. The van der Waals surface area contributed by atoms with Crippen molar-refractivity contribution in [3.05, 3.63) is 56.8 Å². The van der Waals surface area contributed by atoms with E-state index in [1.165, 1.54) is 6.07 Å². The first-order valence-electron chi connectivity index (χ1n) is 8.78. The minimum Gasteiger partial charge on any atom is -0.490 e. The summed E-state index contributed by atoms with van der Waals surface area (Å²) in [6.07, 6.45) is 2.30. The van der Waals surface area contributed by atoms with Crippen LogP contribution in [-0.2, 0) is 13.2 Å². The molecule has 0 fully saturated rings. The predicted octanol–water partition coefficient (Wildman–Crippen LogP) is 6.11. The highest BCUT2D eigenvalue weighted by Crippen LogP contribution is 2.35. The van der Waals surface area contributed by atoms with Crippen molar-refractivity contribution in [3.63, 3.8) is 0 Å². The zero-order valence-corrected chi connectivity index (χ0v) is 17.4. The van der Waals surface area contributed by atoms with Crippen LogP contribution in [0.5, 0.6) is 11.5 Å². The zero-order valence-electron chi connectivity index (χ0n) is 15.1. The maximum Gasteiger partial charge on any atom is 0.162 e. The molecule has 0 spiro atoms. The predicted molar refractivity (Wildman–Crippen MR) is 108 cm³/mol. The molecule has 0 aliphatic rings. The van der Waals surface area contributed by atoms with E-state index in [1.54, 1.807) is 12.1 Å². The van der Waals surface area contributed by atoms with Gasteiger partial charge >= 0.3 is 0 Å². The van der Waals surface area contributed by atoms with Crippen molar-refractivity contribution in [2.45, 2.75) is 39.8 Å². The van der Waals surface area contributed by atoms with Crippen LogP contribution in [0.2, 0.25) is 5.02 Å². The van der Waals surface area contributed by atoms with E-state index in [9.17, 15) is 4.39 Å². The summed E-state index contributed by atoms with van der Waals surface area (Å²) in [6.45, 7) is 6.34. The standard InChI is InChI=1S/C20H24BrClFNO2/c1-3-5-9-24-12-14-10-19(25-4-2)20(11-16(14)21)26-13-15-17(22)7-6-8-18(15)23/h6-8,10-11,24H,3-5,9,12-13H2,1-2H3. The Bertz CT molecular complexity index is 707. The van der Waals surface area contributed by atoms with Crippen LogP contribution >= 0.6 is 27.5 Å². The molecule has 0 saturated carbocycles. The molecule has 0 saturated heterocycles. The minimum atomic E-state index is -0.383. The molecule has 0 heterocycles. The van der Waals surface area contributed by atoms with Crippen LogP contribution in [0.25, 0.3) is 0 Å². The Balaban J connectivity index is 2.15. The van der Waals surface area contributed by atoms with Gasteiger partial charge in [-0.1, -0.05) is 46.9 Å². The average Bonchev–Trinajstić information content (AvgIpc) is 2.61. The van der Waals surface area contributed by atoms with Gasteiger partial charge in [-0.2, -0.15) is 0 Å². The fraction of sp³-hybridized carbons (Fsp3) is 0.400. The van der Waals surface area contributed by atoms with E-state index in [-0.39, 0.29) is 12.4 Å². The van der Waals surface area contributed by atoms with Crippen LogP contribution < -0.4 is 14.8 Å². The molecule has 0 aliphatic heterocycles. The minimum absolute atomic E-state index is 0.0338. The Morgan fingerprint density at radius 1 is 1.15 bits per heavy atom. The van der Waals surface area contributed by atoms with Gasteiger partial charge in [0, 0.05) is 16.6 Å². The molecule has 2 aromatic carbocycles. The van der Waals surface area contributed by atoms with Gasteiger partial charge in [0.05, 0.1) is 11.6 Å². The summed E-state index contributed by atoms with van der Waals surface area (Å²) < 4.78 is 26.4. The molecular formula is C20H24BrClFNO2. The lowest BCUT2D eigenvalue weighted by molar-refractivity contribution is 0.265. The zero-order chi connectivity index (χ0) is 18.9. The molecule has 6 heteroatoms. The molecule has 0 aliphatic carbocycles. The number of ether oxygens (including phenoxy) is 2. The van der Waals surface area contributed by atoms with Crippen molar-refractivity contribution in [1.29, 1.82) is 0 Å². The number of benzene rings is 2. The number of hydrogen-bond donors (Lipinski definition) is 1. The van der Waals surface area contributed by atoms with Crippen LogP contribution in [0.4, 0.5) is 4.39 Å². The van der Waals surface area contributed by atoms with Gasteiger partial charge in [-0.3, -0.25) is 0 Å². The third kappa shape index (κ3) is 5.86. The van der Waals surface area contributed by atoms with E-state index < -0.39 is 0 Å². The van der Waals surface area contributed by atoms with Gasteiger partial charge in [0.25, 0.3) is 0 Å². The number of unbranched alkanes of at least 4 members (excludes halogenated alkanes) is 1. The SMILES string of the molecule is CCCCNCc1cc(OCC)c(OCc2c(F)cccc2Cl)cc1Br. The molecule has 0 radical (unpaired) electrons. The number of rotatable bonds is 10. The molecule has 1 N–H and O–H groups in total. The van der Waals surface area contributed by atoms with Crippen molar-refractivity contribution in [2.75, 3.05) is 13.2 Å². The van der Waals surface area contributed by atoms with E-state index >= 15 is 0 Å². The van der Waals surface area contributed by atoms with Crippen molar-refractivity contribution < 1.29 is 13.9 Å². The first-order valence-corrected chi connectivity index (χ1v) is 9.95. The molecule has 0 atom stereocenters. The Morgan fingerprint density at radius 2 is 1.92 bits per heavy atom. The normalized spacial score (nSPS) is 10.8. The number of halogens is 3. The molecule has 0 unspecified atom stereocenters. The fourth-order valence-corrected chi connectivity index (χ4v) is 3.12. The van der Waals surface area contributed by atoms with Crippen LogP contribution in [0.1, 0.15) is 37.8 Å². The second kappa shape index (κ2) is 10.8. The fourth-order valence-electron chi connectivity index (χ4n) is 2.44. The van der Waals surface area contributed by atoms with E-state index in [4.69, 9.17) is 21.1 Å². The van der Waals surface area contributed by atoms with Crippen LogP contribution in [0, 0.1) is 5.82 Å². The van der Waals surface area contributed by atoms with Gasteiger partial charge in [0.1, 0.15) is 12.4 Å². The summed E-state index contributed by atoms with van der Waals surface area (Å²) in [5.74, 6) is 0.803. The van der Waals surface area contributed by atoms with Gasteiger partial charge in [-0.15, -0.1) is 0 Å². The van der Waals surface area contributed by atoms with E-state index in [0.29, 0.717) is 28.7 Å². The van der Waals surface area contributed by atoms with Crippen LogP contribution in [-0.4, -0.2) is 13.2 Å². The van der Waals surface area contributed by atoms with Crippen LogP contribution in [0.3, 0.4) is 0 Å². The van der Waals surface area contributed by atoms with E-state index in [2.05, 4.69) is 28.2 Å². The largest absolute Gasteiger partial charge is 0.490 e. The Morgan fingerprint density at radius 3 is 2.62 bits per heavy atom. The lowest BCUT2D eigenvalue weighted by Crippen LogP contribution is -2.15. The molecule has 0 amide bonds. The van der Waals surface area contributed by atoms with Crippen molar-refractivity contribution in [1.82, 2.24) is 5.32 Å². The van der Waals surface area contributed by atoms with E-state index in [0.717, 1.165) is 36.0 Å². The number of nitrogens with one attached hydrogen (secondary N) is 1. The maximum absolute atomic E-state index is 13.9. The average molecular weight is 445 g/mol. The highest BCUT2D eigenvalue weighted by atomic mass is 79.9.